The third-order valence-corrected chi connectivity index (χ3v) is 4.45. The molecule has 1 fully saturated rings. The molecule has 1 N–H and O–H groups in total. The van der Waals surface area contributed by atoms with Crippen LogP contribution < -0.4 is 5.32 Å². The molecule has 1 atom stereocenters. The van der Waals surface area contributed by atoms with Gasteiger partial charge in [-0.3, -0.25) is 0 Å². The second-order valence-corrected chi connectivity index (χ2v) is 5.90. The van der Waals surface area contributed by atoms with Crippen LogP contribution in [0, 0.1) is 11.7 Å². The molecule has 0 amide bonds. The fourth-order valence-electron chi connectivity index (χ4n) is 3.14. The summed E-state index contributed by atoms with van der Waals surface area (Å²) in [5, 5.41) is 3.85. The van der Waals surface area contributed by atoms with E-state index in [1.165, 1.54) is 31.7 Å². The van der Waals surface area contributed by atoms with E-state index >= 15 is 0 Å². The maximum atomic E-state index is 13.1. The molecule has 3 heteroatoms. The van der Waals surface area contributed by atoms with Gasteiger partial charge in [0, 0.05) is 6.04 Å². The minimum Gasteiger partial charge on any atom is -0.314 e. The molecule has 1 nitrogen and oxygen atoms in total. The van der Waals surface area contributed by atoms with Gasteiger partial charge in [-0.2, -0.15) is 0 Å². The fourth-order valence-corrected chi connectivity index (χ4v) is 3.35. The molecule has 0 radical (unpaired) electrons. The second-order valence-electron chi connectivity index (χ2n) is 5.50. The number of nitrogens with one attached hydrogen (secondary N) is 1. The van der Waals surface area contributed by atoms with E-state index in [0.717, 1.165) is 30.9 Å². The van der Waals surface area contributed by atoms with Crippen LogP contribution in [0.2, 0.25) is 5.02 Å². The van der Waals surface area contributed by atoms with Gasteiger partial charge in [0.15, 0.2) is 0 Å². The van der Waals surface area contributed by atoms with Crippen LogP contribution in [0.15, 0.2) is 18.2 Å². The molecule has 0 aliphatic heterocycles. The van der Waals surface area contributed by atoms with Gasteiger partial charge >= 0.3 is 0 Å². The number of aryl methyl sites for hydroxylation is 1. The summed E-state index contributed by atoms with van der Waals surface area (Å²) in [4.78, 5) is 0. The van der Waals surface area contributed by atoms with Gasteiger partial charge in [0.25, 0.3) is 0 Å². The van der Waals surface area contributed by atoms with Crippen LogP contribution in [0.1, 0.15) is 44.6 Å². The van der Waals surface area contributed by atoms with E-state index in [0.29, 0.717) is 6.04 Å². The van der Waals surface area contributed by atoms with Crippen molar-refractivity contribution in [3.8, 4) is 0 Å². The highest BCUT2D eigenvalue weighted by molar-refractivity contribution is 6.30. The molecule has 0 heterocycles. The van der Waals surface area contributed by atoms with E-state index < -0.39 is 0 Å². The predicted octanol–water partition coefficient (Wildman–Crippen LogP) is 4.58. The molecule has 106 valence electrons. The van der Waals surface area contributed by atoms with Crippen molar-refractivity contribution in [3.05, 3.63) is 34.6 Å². The van der Waals surface area contributed by atoms with Gasteiger partial charge in [0.05, 0.1) is 5.02 Å². The van der Waals surface area contributed by atoms with Crippen molar-refractivity contribution in [1.82, 2.24) is 5.32 Å². The monoisotopic (exact) mass is 283 g/mol. The second kappa shape index (κ2) is 7.25. The van der Waals surface area contributed by atoms with Crippen molar-refractivity contribution in [2.75, 3.05) is 6.54 Å². The van der Waals surface area contributed by atoms with Crippen molar-refractivity contribution >= 4 is 11.6 Å². The highest BCUT2D eigenvalue weighted by atomic mass is 35.5. The van der Waals surface area contributed by atoms with Gasteiger partial charge in [0.1, 0.15) is 5.82 Å². The topological polar surface area (TPSA) is 12.0 Å². The molecule has 1 aliphatic carbocycles. The lowest BCUT2D eigenvalue weighted by atomic mass is 9.92. The van der Waals surface area contributed by atoms with Gasteiger partial charge < -0.3 is 5.32 Å². The van der Waals surface area contributed by atoms with Gasteiger partial charge in [-0.05, 0) is 55.8 Å². The van der Waals surface area contributed by atoms with E-state index in [9.17, 15) is 4.39 Å². The van der Waals surface area contributed by atoms with Crippen molar-refractivity contribution in [2.24, 2.45) is 5.92 Å². The summed E-state index contributed by atoms with van der Waals surface area (Å²) in [5.41, 5.74) is 1.13. The smallest absolute Gasteiger partial charge is 0.141 e. The first kappa shape index (κ1) is 14.8. The molecule has 2 rings (SSSR count). The molecular weight excluding hydrogens is 261 g/mol. The lowest BCUT2D eigenvalue weighted by Crippen LogP contribution is -2.35. The Morgan fingerprint density at radius 1 is 1.37 bits per heavy atom. The summed E-state index contributed by atoms with van der Waals surface area (Å²) >= 11 is 5.83. The quantitative estimate of drug-likeness (QED) is 0.806. The maximum absolute atomic E-state index is 13.1. The Morgan fingerprint density at radius 3 is 2.74 bits per heavy atom. The number of hydrogen-bond acceptors (Lipinski definition) is 1. The van der Waals surface area contributed by atoms with Crippen LogP contribution in [0.4, 0.5) is 4.39 Å². The Balaban J connectivity index is 1.91. The molecular formula is C16H23ClFN. The first-order chi connectivity index (χ1) is 9.20. The molecule has 0 aromatic heterocycles. The Hall–Kier alpha value is -0.600. The summed E-state index contributed by atoms with van der Waals surface area (Å²) in [5.74, 6) is 0.486. The number of benzene rings is 1. The van der Waals surface area contributed by atoms with Crippen molar-refractivity contribution < 1.29 is 4.39 Å². The van der Waals surface area contributed by atoms with Gasteiger partial charge in [-0.25, -0.2) is 4.39 Å². The third-order valence-electron chi connectivity index (χ3n) is 4.16. The first-order valence-corrected chi connectivity index (χ1v) is 7.75. The average molecular weight is 284 g/mol. The van der Waals surface area contributed by atoms with Crippen molar-refractivity contribution in [2.45, 2.75) is 51.5 Å². The van der Waals surface area contributed by atoms with Gasteiger partial charge in [-0.1, -0.05) is 37.4 Å². The van der Waals surface area contributed by atoms with Crippen LogP contribution in [0.3, 0.4) is 0 Å². The minimum atomic E-state index is -0.329. The SMILES string of the molecule is CCNC(CCc1ccc(F)c(Cl)c1)C1CCCC1. The van der Waals surface area contributed by atoms with Gasteiger partial charge in [-0.15, -0.1) is 0 Å². The number of halogens is 2. The van der Waals surface area contributed by atoms with Gasteiger partial charge in [0.2, 0.25) is 0 Å². The Kier molecular flexibility index (Phi) is 5.65. The van der Waals surface area contributed by atoms with E-state index in [1.54, 1.807) is 6.07 Å². The highest BCUT2D eigenvalue weighted by Crippen LogP contribution is 2.29. The summed E-state index contributed by atoms with van der Waals surface area (Å²) in [6, 6.07) is 5.67. The Bertz CT molecular complexity index is 402. The zero-order chi connectivity index (χ0) is 13.7. The summed E-state index contributed by atoms with van der Waals surface area (Å²) in [6.45, 7) is 3.18. The fraction of sp³-hybridized carbons (Fsp3) is 0.625. The van der Waals surface area contributed by atoms with E-state index in [1.807, 2.05) is 6.07 Å². The molecule has 1 aromatic rings. The summed E-state index contributed by atoms with van der Waals surface area (Å²) in [7, 11) is 0. The minimum absolute atomic E-state index is 0.235. The Morgan fingerprint density at radius 2 is 2.11 bits per heavy atom. The first-order valence-electron chi connectivity index (χ1n) is 7.38. The molecule has 0 spiro atoms. The maximum Gasteiger partial charge on any atom is 0.141 e. The van der Waals surface area contributed by atoms with Crippen LogP contribution >= 0.6 is 11.6 Å². The lowest BCUT2D eigenvalue weighted by Gasteiger charge is -2.24. The molecule has 1 unspecified atom stereocenters. The molecule has 1 saturated carbocycles. The van der Waals surface area contributed by atoms with Crippen molar-refractivity contribution in [1.29, 1.82) is 0 Å². The zero-order valence-corrected chi connectivity index (χ0v) is 12.3. The molecule has 0 bridgehead atoms. The number of rotatable bonds is 6. The van der Waals surface area contributed by atoms with Crippen LogP contribution in [0.25, 0.3) is 0 Å². The normalized spacial score (nSPS) is 17.8. The third kappa shape index (κ3) is 4.19. The van der Waals surface area contributed by atoms with Crippen LogP contribution in [-0.2, 0) is 6.42 Å². The molecule has 1 aromatic carbocycles. The standard InChI is InChI=1S/C16H23ClFN/c1-2-19-16(13-5-3-4-6-13)10-8-12-7-9-15(18)14(17)11-12/h7,9,11,13,16,19H,2-6,8,10H2,1H3. The highest BCUT2D eigenvalue weighted by Gasteiger charge is 2.23. The zero-order valence-electron chi connectivity index (χ0n) is 11.6. The van der Waals surface area contributed by atoms with E-state index in [2.05, 4.69) is 12.2 Å². The largest absolute Gasteiger partial charge is 0.314 e. The van der Waals surface area contributed by atoms with Crippen LogP contribution in [-0.4, -0.2) is 12.6 Å². The average Bonchev–Trinajstić information content (AvgIpc) is 2.92. The molecule has 1 aliphatic rings. The van der Waals surface area contributed by atoms with E-state index in [4.69, 9.17) is 11.6 Å². The number of hydrogen-bond donors (Lipinski definition) is 1. The molecule has 0 saturated heterocycles. The lowest BCUT2D eigenvalue weighted by molar-refractivity contribution is 0.346. The summed E-state index contributed by atoms with van der Waals surface area (Å²) in [6.07, 6.45) is 7.52. The van der Waals surface area contributed by atoms with Crippen LogP contribution in [0.5, 0.6) is 0 Å². The van der Waals surface area contributed by atoms with Crippen molar-refractivity contribution in [3.63, 3.8) is 0 Å². The summed E-state index contributed by atoms with van der Waals surface area (Å²) < 4.78 is 13.1. The molecule has 19 heavy (non-hydrogen) atoms. The Labute approximate surface area is 120 Å². The predicted molar refractivity (Wildman–Crippen MR) is 79.2 cm³/mol. The van der Waals surface area contributed by atoms with E-state index in [-0.39, 0.29) is 10.8 Å².